The molecule has 2 atom stereocenters. The number of benzene rings is 1. The van der Waals surface area contributed by atoms with Gasteiger partial charge in [-0.05, 0) is 30.9 Å². The van der Waals surface area contributed by atoms with Gasteiger partial charge in [0.25, 0.3) is 0 Å². The fraction of sp³-hybridized carbons (Fsp3) is 0.455. The summed E-state index contributed by atoms with van der Waals surface area (Å²) in [6.45, 7) is 0. The van der Waals surface area contributed by atoms with Crippen LogP contribution in [-0.4, -0.2) is 11.2 Å². The lowest BCUT2D eigenvalue weighted by atomic mass is 9.98. The Hall–Kier alpha value is -0.0600. The van der Waals surface area contributed by atoms with Gasteiger partial charge in [0.05, 0.1) is 22.2 Å². The number of rotatable bonds is 3. The minimum absolute atomic E-state index is 0. The number of hydrogen-bond donors (Lipinski definition) is 2. The van der Waals surface area contributed by atoms with Crippen LogP contribution in [0.1, 0.15) is 24.4 Å². The highest BCUT2D eigenvalue weighted by atomic mass is 35.5. The molecule has 3 N–H and O–H groups in total. The number of aliphatic hydroxyl groups excluding tert-OH is 1. The first kappa shape index (κ1) is 15.0. The van der Waals surface area contributed by atoms with Gasteiger partial charge in [-0.15, -0.1) is 12.4 Å². The average Bonchev–Trinajstić information content (AvgIpc) is 3.06. The molecule has 1 saturated carbocycles. The topological polar surface area (TPSA) is 46.2 Å². The molecule has 1 aliphatic rings. The summed E-state index contributed by atoms with van der Waals surface area (Å²) in [7, 11) is 0. The van der Waals surface area contributed by atoms with E-state index in [4.69, 9.17) is 28.9 Å². The van der Waals surface area contributed by atoms with Gasteiger partial charge >= 0.3 is 0 Å². The molecule has 1 aliphatic carbocycles. The van der Waals surface area contributed by atoms with Crippen molar-refractivity contribution in [3.8, 4) is 0 Å². The van der Waals surface area contributed by atoms with Crippen LogP contribution < -0.4 is 5.73 Å². The molecule has 6 heteroatoms. The molecule has 17 heavy (non-hydrogen) atoms. The minimum atomic E-state index is -0.821. The number of halogens is 4. The summed E-state index contributed by atoms with van der Waals surface area (Å²) in [5.41, 5.74) is 5.92. The van der Waals surface area contributed by atoms with E-state index in [0.717, 1.165) is 12.8 Å². The van der Waals surface area contributed by atoms with Gasteiger partial charge in [0.2, 0.25) is 0 Å². The van der Waals surface area contributed by atoms with Crippen molar-refractivity contribution in [1.82, 2.24) is 0 Å². The summed E-state index contributed by atoms with van der Waals surface area (Å²) in [5, 5.41) is 10.2. The molecule has 0 heterocycles. The van der Waals surface area contributed by atoms with E-state index in [0.29, 0.717) is 0 Å². The molecular formula is C11H13Cl3FNO. The summed E-state index contributed by atoms with van der Waals surface area (Å²) >= 11 is 11.7. The van der Waals surface area contributed by atoms with Crippen molar-refractivity contribution in [1.29, 1.82) is 0 Å². The Morgan fingerprint density at radius 2 is 1.94 bits per heavy atom. The Labute approximate surface area is 115 Å². The second-order valence-electron chi connectivity index (χ2n) is 4.11. The van der Waals surface area contributed by atoms with Crippen LogP contribution in [0.5, 0.6) is 0 Å². The Balaban J connectivity index is 0.00000144. The Kier molecular flexibility index (Phi) is 5.05. The predicted octanol–water partition coefficient (Wildman–Crippen LogP) is 3.33. The van der Waals surface area contributed by atoms with Crippen molar-refractivity contribution in [3.05, 3.63) is 33.6 Å². The molecule has 0 bridgehead atoms. The molecular weight excluding hydrogens is 287 g/mol. The minimum Gasteiger partial charge on any atom is -0.391 e. The van der Waals surface area contributed by atoms with Crippen molar-refractivity contribution in [2.24, 2.45) is 11.7 Å². The maximum absolute atomic E-state index is 13.6. The molecule has 2 rings (SSSR count). The fourth-order valence-electron chi connectivity index (χ4n) is 1.75. The second-order valence-corrected chi connectivity index (χ2v) is 4.90. The molecule has 0 unspecified atom stereocenters. The molecule has 0 amide bonds. The SMILES string of the molecule is Cl.N[C@@H](c1c(F)ccc(Cl)c1Cl)[C@H](O)C1CC1. The normalized spacial score (nSPS) is 18.4. The van der Waals surface area contributed by atoms with Crippen LogP contribution in [0.15, 0.2) is 12.1 Å². The zero-order chi connectivity index (χ0) is 11.9. The predicted molar refractivity (Wildman–Crippen MR) is 69.3 cm³/mol. The van der Waals surface area contributed by atoms with Gasteiger partial charge in [0.15, 0.2) is 0 Å². The van der Waals surface area contributed by atoms with Crippen LogP contribution in [-0.2, 0) is 0 Å². The van der Waals surface area contributed by atoms with E-state index >= 15 is 0 Å². The summed E-state index contributed by atoms with van der Waals surface area (Å²) < 4.78 is 13.6. The maximum atomic E-state index is 13.6. The van der Waals surface area contributed by atoms with E-state index in [1.54, 1.807) is 0 Å². The number of aliphatic hydroxyl groups is 1. The molecule has 0 radical (unpaired) electrons. The molecule has 1 aromatic rings. The van der Waals surface area contributed by atoms with E-state index in [1.807, 2.05) is 0 Å². The molecule has 1 fully saturated rings. The quantitative estimate of drug-likeness (QED) is 0.841. The van der Waals surface area contributed by atoms with E-state index in [2.05, 4.69) is 0 Å². The third-order valence-electron chi connectivity index (χ3n) is 2.89. The van der Waals surface area contributed by atoms with Gasteiger partial charge < -0.3 is 10.8 Å². The van der Waals surface area contributed by atoms with Gasteiger partial charge in [-0.1, -0.05) is 23.2 Å². The van der Waals surface area contributed by atoms with Gasteiger partial charge in [0.1, 0.15) is 5.82 Å². The van der Waals surface area contributed by atoms with E-state index in [9.17, 15) is 9.50 Å². The van der Waals surface area contributed by atoms with E-state index in [1.165, 1.54) is 12.1 Å². The number of hydrogen-bond acceptors (Lipinski definition) is 2. The molecule has 0 saturated heterocycles. The monoisotopic (exact) mass is 299 g/mol. The third kappa shape index (κ3) is 3.04. The lowest BCUT2D eigenvalue weighted by molar-refractivity contribution is 0.121. The summed E-state index contributed by atoms with van der Waals surface area (Å²) in [5.74, 6) is -0.369. The van der Waals surface area contributed by atoms with Crippen LogP contribution in [0, 0.1) is 11.7 Å². The summed E-state index contributed by atoms with van der Waals surface area (Å²) in [6.07, 6.45) is 1.09. The van der Waals surface area contributed by atoms with Crippen molar-refractivity contribution >= 4 is 35.6 Å². The van der Waals surface area contributed by atoms with Crippen LogP contribution in [0.4, 0.5) is 4.39 Å². The highest BCUT2D eigenvalue weighted by Gasteiger charge is 2.36. The molecule has 96 valence electrons. The van der Waals surface area contributed by atoms with Crippen LogP contribution in [0.3, 0.4) is 0 Å². The third-order valence-corrected chi connectivity index (χ3v) is 3.70. The van der Waals surface area contributed by atoms with Crippen LogP contribution >= 0.6 is 35.6 Å². The first-order valence-electron chi connectivity index (χ1n) is 5.09. The van der Waals surface area contributed by atoms with Gasteiger partial charge in [-0.3, -0.25) is 0 Å². The second kappa shape index (κ2) is 5.72. The summed E-state index contributed by atoms with van der Waals surface area (Å²) in [6, 6.07) is 1.76. The zero-order valence-corrected chi connectivity index (χ0v) is 11.2. The standard InChI is InChI=1S/C11H12Cl2FNO.ClH/c12-6-3-4-7(14)8(9(6)13)10(15)11(16)5-1-2-5;/h3-5,10-11,16H,1-2,15H2;1H/t10-,11+;/m0./s1. The molecule has 0 aromatic heterocycles. The highest BCUT2D eigenvalue weighted by molar-refractivity contribution is 6.42. The van der Waals surface area contributed by atoms with Gasteiger partial charge in [-0.2, -0.15) is 0 Å². The highest BCUT2D eigenvalue weighted by Crippen LogP contribution is 2.40. The Morgan fingerprint density at radius 3 is 2.47 bits per heavy atom. The first-order chi connectivity index (χ1) is 7.52. The van der Waals surface area contributed by atoms with E-state index < -0.39 is 18.0 Å². The average molecular weight is 301 g/mol. The lowest BCUT2D eigenvalue weighted by Crippen LogP contribution is -2.29. The molecule has 0 spiro atoms. The largest absolute Gasteiger partial charge is 0.391 e. The Morgan fingerprint density at radius 1 is 1.35 bits per heavy atom. The van der Waals surface area contributed by atoms with Gasteiger partial charge in [0, 0.05) is 5.56 Å². The molecule has 1 aromatic carbocycles. The van der Waals surface area contributed by atoms with Crippen LogP contribution in [0.25, 0.3) is 0 Å². The number of nitrogens with two attached hydrogens (primary N) is 1. The maximum Gasteiger partial charge on any atom is 0.129 e. The smallest absolute Gasteiger partial charge is 0.129 e. The lowest BCUT2D eigenvalue weighted by Gasteiger charge is -2.20. The first-order valence-corrected chi connectivity index (χ1v) is 5.85. The zero-order valence-electron chi connectivity index (χ0n) is 8.87. The van der Waals surface area contributed by atoms with Crippen molar-refractivity contribution in [3.63, 3.8) is 0 Å². The van der Waals surface area contributed by atoms with Gasteiger partial charge in [-0.25, -0.2) is 4.39 Å². The fourth-order valence-corrected chi connectivity index (χ4v) is 2.19. The van der Waals surface area contributed by atoms with E-state index in [-0.39, 0.29) is 33.9 Å². The van der Waals surface area contributed by atoms with Crippen molar-refractivity contribution < 1.29 is 9.50 Å². The molecule has 2 nitrogen and oxygen atoms in total. The van der Waals surface area contributed by atoms with Crippen LogP contribution in [0.2, 0.25) is 10.0 Å². The molecule has 0 aliphatic heterocycles. The van der Waals surface area contributed by atoms with Crippen molar-refractivity contribution in [2.45, 2.75) is 25.0 Å². The Bertz CT molecular complexity index is 412. The summed E-state index contributed by atoms with van der Waals surface area (Å²) in [4.78, 5) is 0. The van der Waals surface area contributed by atoms with Crippen molar-refractivity contribution in [2.75, 3.05) is 0 Å².